The van der Waals surface area contributed by atoms with Crippen molar-refractivity contribution < 1.29 is 0 Å². The van der Waals surface area contributed by atoms with Crippen LogP contribution >= 0.6 is 0 Å². The van der Waals surface area contributed by atoms with Crippen LogP contribution in [0.4, 0.5) is 0 Å². The summed E-state index contributed by atoms with van der Waals surface area (Å²) in [5.41, 5.74) is 0. The minimum absolute atomic E-state index is 0.850. The van der Waals surface area contributed by atoms with E-state index < -0.39 is 0 Å². The van der Waals surface area contributed by atoms with Gasteiger partial charge in [-0.15, -0.1) is 0 Å². The van der Waals surface area contributed by atoms with Gasteiger partial charge in [-0.25, -0.2) is 0 Å². The van der Waals surface area contributed by atoms with Gasteiger partial charge in [0.05, 0.1) is 0 Å². The summed E-state index contributed by atoms with van der Waals surface area (Å²) in [6.07, 6.45) is 17.1. The monoisotopic (exact) mass is 266 g/mol. The third-order valence-corrected chi connectivity index (χ3v) is 4.67. The molecule has 0 aromatic rings. The zero-order chi connectivity index (χ0) is 14.5. The first-order valence-electron chi connectivity index (χ1n) is 8.76. The van der Waals surface area contributed by atoms with E-state index in [0.717, 1.165) is 17.8 Å². The van der Waals surface area contributed by atoms with Gasteiger partial charge in [0.15, 0.2) is 0 Å². The second-order valence-electron chi connectivity index (χ2n) is 6.60. The first-order chi connectivity index (χ1) is 9.11. The highest BCUT2D eigenvalue weighted by Gasteiger charge is 2.09. The highest BCUT2D eigenvalue weighted by Crippen LogP contribution is 2.22. The number of hydrogen-bond acceptors (Lipinski definition) is 0. The molecule has 0 heterocycles. The molecule has 0 N–H and O–H groups in total. The molecule has 0 aromatic heterocycles. The lowest BCUT2D eigenvalue weighted by Crippen LogP contribution is -2.06. The molecule has 0 saturated carbocycles. The Morgan fingerprint density at radius 1 is 0.789 bits per heavy atom. The van der Waals surface area contributed by atoms with E-state index in [0.29, 0.717) is 0 Å². The average molecular weight is 267 g/mol. The standard InChI is InChI=1S/C19H38/c1-6-8-11-15-18(4)19(5)16-13-10-9-12-14-17(3)7-2/h10,13,17-19H,6-9,11-12,14-16H2,1-5H3. The van der Waals surface area contributed by atoms with E-state index in [1.807, 2.05) is 0 Å². The number of rotatable bonds is 12. The van der Waals surface area contributed by atoms with E-state index >= 15 is 0 Å². The molecule has 0 saturated heterocycles. The predicted molar refractivity (Wildman–Crippen MR) is 89.5 cm³/mol. The maximum atomic E-state index is 2.43. The maximum Gasteiger partial charge on any atom is -0.0322 e. The first-order valence-corrected chi connectivity index (χ1v) is 8.76. The van der Waals surface area contributed by atoms with Crippen LogP contribution in [-0.4, -0.2) is 0 Å². The Hall–Kier alpha value is -0.260. The Kier molecular flexibility index (Phi) is 12.6. The van der Waals surface area contributed by atoms with Gasteiger partial charge in [-0.3, -0.25) is 0 Å². The molecule has 0 aliphatic heterocycles. The Bertz CT molecular complexity index is 204. The highest BCUT2D eigenvalue weighted by molar-refractivity contribution is 4.84. The van der Waals surface area contributed by atoms with Crippen molar-refractivity contribution in [1.82, 2.24) is 0 Å². The van der Waals surface area contributed by atoms with E-state index in [9.17, 15) is 0 Å². The van der Waals surface area contributed by atoms with Crippen molar-refractivity contribution in [1.29, 1.82) is 0 Å². The molecule has 0 aromatic carbocycles. The van der Waals surface area contributed by atoms with E-state index in [4.69, 9.17) is 0 Å². The molecule has 0 rings (SSSR count). The van der Waals surface area contributed by atoms with E-state index in [1.165, 1.54) is 57.8 Å². The average Bonchev–Trinajstić information content (AvgIpc) is 2.42. The maximum absolute atomic E-state index is 2.43. The van der Waals surface area contributed by atoms with Crippen molar-refractivity contribution in [2.24, 2.45) is 17.8 Å². The van der Waals surface area contributed by atoms with Gasteiger partial charge in [0, 0.05) is 0 Å². The smallest absolute Gasteiger partial charge is 0.0322 e. The van der Waals surface area contributed by atoms with Gasteiger partial charge in [-0.05, 0) is 37.0 Å². The van der Waals surface area contributed by atoms with Gasteiger partial charge in [0.25, 0.3) is 0 Å². The van der Waals surface area contributed by atoms with Crippen LogP contribution in [0.3, 0.4) is 0 Å². The Morgan fingerprint density at radius 3 is 2.16 bits per heavy atom. The third-order valence-electron chi connectivity index (χ3n) is 4.67. The lowest BCUT2D eigenvalue weighted by molar-refractivity contribution is 0.355. The summed E-state index contributed by atoms with van der Waals surface area (Å²) in [6, 6.07) is 0. The van der Waals surface area contributed by atoms with Gasteiger partial charge in [-0.2, -0.15) is 0 Å². The summed E-state index contributed by atoms with van der Waals surface area (Å²) >= 11 is 0. The van der Waals surface area contributed by atoms with E-state index in [1.54, 1.807) is 0 Å². The molecule has 0 aliphatic carbocycles. The molecule has 0 nitrogen and oxygen atoms in total. The van der Waals surface area contributed by atoms with Crippen LogP contribution in [0, 0.1) is 17.8 Å². The van der Waals surface area contributed by atoms with Gasteiger partial charge >= 0.3 is 0 Å². The van der Waals surface area contributed by atoms with Crippen molar-refractivity contribution in [2.75, 3.05) is 0 Å². The van der Waals surface area contributed by atoms with Crippen LogP contribution in [0.25, 0.3) is 0 Å². The number of unbranched alkanes of at least 4 members (excludes halogenated alkanes) is 3. The molecule has 114 valence electrons. The van der Waals surface area contributed by atoms with Crippen molar-refractivity contribution in [3.8, 4) is 0 Å². The van der Waals surface area contributed by atoms with Gasteiger partial charge in [0.1, 0.15) is 0 Å². The fourth-order valence-corrected chi connectivity index (χ4v) is 2.45. The van der Waals surface area contributed by atoms with Crippen molar-refractivity contribution >= 4 is 0 Å². The summed E-state index contributed by atoms with van der Waals surface area (Å²) in [7, 11) is 0. The largest absolute Gasteiger partial charge is 0.0885 e. The van der Waals surface area contributed by atoms with Crippen LogP contribution in [0.15, 0.2) is 12.2 Å². The SMILES string of the molecule is CCCCCC(C)C(C)CC=CCCCC(C)CC. The Labute approximate surface area is 123 Å². The molecule has 0 amide bonds. The van der Waals surface area contributed by atoms with Crippen molar-refractivity contribution in [3.05, 3.63) is 12.2 Å². The summed E-state index contributed by atoms with van der Waals surface area (Å²) in [5.74, 6) is 2.64. The zero-order valence-corrected chi connectivity index (χ0v) is 14.3. The third kappa shape index (κ3) is 11.3. The quantitative estimate of drug-likeness (QED) is 0.263. The topological polar surface area (TPSA) is 0 Å². The second-order valence-corrected chi connectivity index (χ2v) is 6.60. The second kappa shape index (κ2) is 12.8. The lowest BCUT2D eigenvalue weighted by atomic mass is 9.88. The van der Waals surface area contributed by atoms with Gasteiger partial charge in [0.2, 0.25) is 0 Å². The molecular formula is C19H38. The van der Waals surface area contributed by atoms with Crippen LogP contribution in [0.1, 0.15) is 92.4 Å². The number of hydrogen-bond donors (Lipinski definition) is 0. The fraction of sp³-hybridized carbons (Fsp3) is 0.895. The summed E-state index contributed by atoms with van der Waals surface area (Å²) in [6.45, 7) is 11.8. The zero-order valence-electron chi connectivity index (χ0n) is 14.3. The molecule has 0 spiro atoms. The fourth-order valence-electron chi connectivity index (χ4n) is 2.45. The summed E-state index contributed by atoms with van der Waals surface area (Å²) in [4.78, 5) is 0. The van der Waals surface area contributed by atoms with Crippen molar-refractivity contribution in [3.63, 3.8) is 0 Å². The molecule has 3 atom stereocenters. The summed E-state index contributed by atoms with van der Waals surface area (Å²) in [5, 5.41) is 0. The molecule has 19 heavy (non-hydrogen) atoms. The first kappa shape index (κ1) is 18.7. The van der Waals surface area contributed by atoms with Crippen LogP contribution < -0.4 is 0 Å². The molecule has 0 bridgehead atoms. The normalized spacial score (nSPS) is 16.7. The van der Waals surface area contributed by atoms with E-state index in [2.05, 4.69) is 46.8 Å². The number of allylic oxidation sites excluding steroid dienone is 2. The Morgan fingerprint density at radius 2 is 1.53 bits per heavy atom. The van der Waals surface area contributed by atoms with Crippen molar-refractivity contribution in [2.45, 2.75) is 92.4 Å². The van der Waals surface area contributed by atoms with Gasteiger partial charge in [-0.1, -0.05) is 85.3 Å². The Balaban J connectivity index is 3.56. The van der Waals surface area contributed by atoms with Crippen LogP contribution in [-0.2, 0) is 0 Å². The highest BCUT2D eigenvalue weighted by atomic mass is 14.2. The molecule has 3 unspecified atom stereocenters. The molecule has 0 heteroatoms. The van der Waals surface area contributed by atoms with Crippen LogP contribution in [0.5, 0.6) is 0 Å². The van der Waals surface area contributed by atoms with E-state index in [-0.39, 0.29) is 0 Å². The minimum atomic E-state index is 0.850. The molecule has 0 radical (unpaired) electrons. The van der Waals surface area contributed by atoms with Crippen LogP contribution in [0.2, 0.25) is 0 Å². The predicted octanol–water partition coefficient (Wildman–Crippen LogP) is 7.00. The molecule has 0 fully saturated rings. The molecular weight excluding hydrogens is 228 g/mol. The lowest BCUT2D eigenvalue weighted by Gasteiger charge is -2.18. The summed E-state index contributed by atoms with van der Waals surface area (Å²) < 4.78 is 0. The minimum Gasteiger partial charge on any atom is -0.0885 e. The molecule has 0 aliphatic rings. The van der Waals surface area contributed by atoms with Gasteiger partial charge < -0.3 is 0 Å².